The monoisotopic (exact) mass is 219 g/mol. The zero-order chi connectivity index (χ0) is 11.5. The maximum absolute atomic E-state index is 11.1. The van der Waals surface area contributed by atoms with Crippen LogP contribution < -0.4 is 15.0 Å². The Morgan fingerprint density at radius 1 is 1.44 bits per heavy atom. The van der Waals surface area contributed by atoms with Crippen LogP contribution in [-0.4, -0.2) is 32.6 Å². The van der Waals surface area contributed by atoms with Gasteiger partial charge in [-0.1, -0.05) is 12.1 Å². The molecular formula is C11H13N3O2. The third-order valence-electron chi connectivity index (χ3n) is 2.39. The number of carbonyl (C=O) groups excluding carboxylic acids is 1. The topological polar surface area (TPSA) is 53.9 Å². The van der Waals surface area contributed by atoms with Gasteiger partial charge in [-0.25, -0.2) is 4.99 Å². The van der Waals surface area contributed by atoms with Gasteiger partial charge >= 0.3 is 0 Å². The van der Waals surface area contributed by atoms with E-state index in [0.29, 0.717) is 5.96 Å². The van der Waals surface area contributed by atoms with E-state index >= 15 is 0 Å². The van der Waals surface area contributed by atoms with Gasteiger partial charge < -0.3 is 9.64 Å². The first-order valence-electron chi connectivity index (χ1n) is 4.93. The Bertz CT molecular complexity index is 443. The summed E-state index contributed by atoms with van der Waals surface area (Å²) in [6.07, 6.45) is 0. The van der Waals surface area contributed by atoms with E-state index in [1.165, 1.54) is 0 Å². The van der Waals surface area contributed by atoms with Crippen LogP contribution in [0.15, 0.2) is 29.3 Å². The molecule has 1 aromatic rings. The summed E-state index contributed by atoms with van der Waals surface area (Å²) in [5, 5.41) is 2.68. The zero-order valence-corrected chi connectivity index (χ0v) is 9.23. The van der Waals surface area contributed by atoms with Crippen LogP contribution >= 0.6 is 0 Å². The van der Waals surface area contributed by atoms with E-state index in [2.05, 4.69) is 10.3 Å². The lowest BCUT2D eigenvalue weighted by molar-refractivity contribution is -0.117. The number of nitrogens with zero attached hydrogens (tertiary/aromatic N) is 2. The van der Waals surface area contributed by atoms with Crippen molar-refractivity contribution in [2.75, 3.05) is 25.6 Å². The van der Waals surface area contributed by atoms with Crippen LogP contribution in [0.2, 0.25) is 0 Å². The Morgan fingerprint density at radius 2 is 2.19 bits per heavy atom. The summed E-state index contributed by atoms with van der Waals surface area (Å²) in [4.78, 5) is 17.0. The van der Waals surface area contributed by atoms with E-state index < -0.39 is 0 Å². The van der Waals surface area contributed by atoms with E-state index in [9.17, 15) is 4.79 Å². The first-order valence-corrected chi connectivity index (χ1v) is 4.93. The molecule has 1 heterocycles. The number of ether oxygens (including phenoxy) is 1. The molecular weight excluding hydrogens is 206 g/mol. The normalized spacial score (nSPS) is 14.4. The molecule has 1 N–H and O–H groups in total. The van der Waals surface area contributed by atoms with E-state index in [1.807, 2.05) is 31.3 Å². The van der Waals surface area contributed by atoms with Crippen LogP contribution in [0.1, 0.15) is 0 Å². The van der Waals surface area contributed by atoms with Crippen LogP contribution in [0.25, 0.3) is 0 Å². The molecule has 0 radical (unpaired) electrons. The Labute approximate surface area is 93.7 Å². The first kappa shape index (κ1) is 10.5. The molecule has 0 aliphatic carbocycles. The standard InChI is InChI=1S/C11H13N3O2/c1-14(11-12-7-10(15)13-11)8-5-3-4-6-9(8)16-2/h3-6H,7H2,1-2H3,(H,12,13,15). The quantitative estimate of drug-likeness (QED) is 0.793. The van der Waals surface area contributed by atoms with E-state index in [-0.39, 0.29) is 12.5 Å². The molecule has 0 spiro atoms. The number of methoxy groups -OCH3 is 1. The molecule has 0 saturated carbocycles. The molecule has 16 heavy (non-hydrogen) atoms. The van der Waals surface area contributed by atoms with Crippen molar-refractivity contribution in [3.63, 3.8) is 0 Å². The molecule has 0 unspecified atom stereocenters. The van der Waals surface area contributed by atoms with Gasteiger partial charge in [-0.3, -0.25) is 10.1 Å². The summed E-state index contributed by atoms with van der Waals surface area (Å²) in [7, 11) is 3.45. The SMILES string of the molecule is COc1ccccc1N(C)C1=NCC(=O)N1. The second kappa shape index (κ2) is 4.22. The fourth-order valence-corrected chi connectivity index (χ4v) is 1.56. The van der Waals surface area contributed by atoms with Crippen molar-refractivity contribution in [2.45, 2.75) is 0 Å². The number of hydrogen-bond donors (Lipinski definition) is 1. The molecule has 1 aliphatic rings. The minimum atomic E-state index is -0.0863. The second-order valence-corrected chi connectivity index (χ2v) is 3.42. The number of nitrogens with one attached hydrogen (secondary N) is 1. The minimum Gasteiger partial charge on any atom is -0.495 e. The molecule has 5 heteroatoms. The third-order valence-corrected chi connectivity index (χ3v) is 2.39. The van der Waals surface area contributed by atoms with Crippen LogP contribution in [0.3, 0.4) is 0 Å². The van der Waals surface area contributed by atoms with E-state index in [4.69, 9.17) is 4.74 Å². The number of para-hydroxylation sites is 2. The van der Waals surface area contributed by atoms with Crippen molar-refractivity contribution in [1.29, 1.82) is 0 Å². The smallest absolute Gasteiger partial charge is 0.248 e. The molecule has 5 nitrogen and oxygen atoms in total. The van der Waals surface area contributed by atoms with Crippen LogP contribution in [0, 0.1) is 0 Å². The van der Waals surface area contributed by atoms with Crippen molar-refractivity contribution < 1.29 is 9.53 Å². The summed E-state index contributed by atoms with van der Waals surface area (Å²) in [6, 6.07) is 7.58. The number of amides is 1. The summed E-state index contributed by atoms with van der Waals surface area (Å²) < 4.78 is 5.24. The summed E-state index contributed by atoms with van der Waals surface area (Å²) in [5.41, 5.74) is 0.867. The van der Waals surface area contributed by atoms with Gasteiger partial charge in [0.1, 0.15) is 12.3 Å². The Balaban J connectivity index is 2.27. The predicted octanol–water partition coefficient (Wildman–Crippen LogP) is 0.617. The largest absolute Gasteiger partial charge is 0.495 e. The maximum Gasteiger partial charge on any atom is 0.248 e. The number of anilines is 1. The third kappa shape index (κ3) is 1.84. The molecule has 0 fully saturated rings. The molecule has 1 aromatic carbocycles. The number of benzene rings is 1. The Morgan fingerprint density at radius 3 is 2.81 bits per heavy atom. The average Bonchev–Trinajstić information content (AvgIpc) is 2.75. The molecule has 0 aromatic heterocycles. The Hall–Kier alpha value is -2.04. The van der Waals surface area contributed by atoms with Crippen LogP contribution in [-0.2, 0) is 4.79 Å². The van der Waals surface area contributed by atoms with Crippen LogP contribution in [0.5, 0.6) is 5.75 Å². The van der Waals surface area contributed by atoms with Crippen LogP contribution in [0.4, 0.5) is 5.69 Å². The van der Waals surface area contributed by atoms with Gasteiger partial charge in [0.2, 0.25) is 11.9 Å². The molecule has 0 bridgehead atoms. The molecule has 1 aliphatic heterocycles. The second-order valence-electron chi connectivity index (χ2n) is 3.42. The fourth-order valence-electron chi connectivity index (χ4n) is 1.56. The zero-order valence-electron chi connectivity index (χ0n) is 9.23. The molecule has 2 rings (SSSR count). The van der Waals surface area contributed by atoms with Crippen molar-refractivity contribution in [3.8, 4) is 5.75 Å². The lowest BCUT2D eigenvalue weighted by Crippen LogP contribution is -2.38. The highest BCUT2D eigenvalue weighted by Crippen LogP contribution is 2.26. The summed E-state index contributed by atoms with van der Waals surface area (Å²) in [5.74, 6) is 1.21. The summed E-state index contributed by atoms with van der Waals surface area (Å²) >= 11 is 0. The minimum absolute atomic E-state index is 0.0863. The van der Waals surface area contributed by atoms with Gasteiger partial charge in [-0.15, -0.1) is 0 Å². The van der Waals surface area contributed by atoms with Crippen molar-refractivity contribution >= 4 is 17.6 Å². The fraction of sp³-hybridized carbons (Fsp3) is 0.273. The van der Waals surface area contributed by atoms with Gasteiger partial charge in [0.05, 0.1) is 12.8 Å². The van der Waals surface area contributed by atoms with Crippen molar-refractivity contribution in [2.24, 2.45) is 4.99 Å². The molecule has 0 atom stereocenters. The lowest BCUT2D eigenvalue weighted by Gasteiger charge is -2.20. The van der Waals surface area contributed by atoms with Crippen molar-refractivity contribution in [1.82, 2.24) is 5.32 Å². The highest BCUT2D eigenvalue weighted by atomic mass is 16.5. The lowest BCUT2D eigenvalue weighted by atomic mass is 10.3. The van der Waals surface area contributed by atoms with E-state index in [0.717, 1.165) is 11.4 Å². The van der Waals surface area contributed by atoms with Crippen molar-refractivity contribution in [3.05, 3.63) is 24.3 Å². The number of guanidine groups is 1. The molecule has 1 amide bonds. The number of carbonyl (C=O) groups is 1. The average molecular weight is 219 g/mol. The number of hydrogen-bond acceptors (Lipinski definition) is 4. The summed E-state index contributed by atoms with van der Waals surface area (Å²) in [6.45, 7) is 0.189. The molecule has 0 saturated heterocycles. The predicted molar refractivity (Wildman–Crippen MR) is 61.8 cm³/mol. The van der Waals surface area contributed by atoms with Gasteiger partial charge in [-0.05, 0) is 12.1 Å². The Kier molecular flexibility index (Phi) is 2.76. The highest BCUT2D eigenvalue weighted by molar-refractivity contribution is 6.10. The number of aliphatic imine (C=N–C) groups is 1. The maximum atomic E-state index is 11.1. The highest BCUT2D eigenvalue weighted by Gasteiger charge is 2.19. The van der Waals surface area contributed by atoms with Gasteiger partial charge in [0, 0.05) is 7.05 Å². The number of rotatable bonds is 2. The molecule has 84 valence electrons. The van der Waals surface area contributed by atoms with Gasteiger partial charge in [0.15, 0.2) is 0 Å². The van der Waals surface area contributed by atoms with E-state index in [1.54, 1.807) is 12.0 Å². The van der Waals surface area contributed by atoms with Gasteiger partial charge in [0.25, 0.3) is 0 Å². The van der Waals surface area contributed by atoms with Gasteiger partial charge in [-0.2, -0.15) is 0 Å². The first-order chi connectivity index (χ1) is 7.72.